The topological polar surface area (TPSA) is 53.1 Å². The summed E-state index contributed by atoms with van der Waals surface area (Å²) in [5.74, 6) is -6.54. The van der Waals surface area contributed by atoms with Crippen molar-refractivity contribution in [1.29, 1.82) is 0 Å². The van der Waals surface area contributed by atoms with Crippen molar-refractivity contribution in [3.63, 3.8) is 0 Å². The lowest BCUT2D eigenvalue weighted by atomic mass is 9.82. The van der Waals surface area contributed by atoms with Gasteiger partial charge in [-0.15, -0.1) is 0 Å². The number of furan rings is 1. The number of hydrogen-bond donors (Lipinski definition) is 0. The minimum absolute atomic E-state index is 0.0445. The molecular formula is C32H21F8N3O2. The molecule has 1 aliphatic carbocycles. The molecule has 1 aromatic heterocycles. The summed E-state index contributed by atoms with van der Waals surface area (Å²) in [5.41, 5.74) is 2.05. The Labute approximate surface area is 250 Å². The van der Waals surface area contributed by atoms with E-state index in [4.69, 9.17) is 4.74 Å². The van der Waals surface area contributed by atoms with E-state index in [1.165, 1.54) is 24.3 Å². The van der Waals surface area contributed by atoms with Crippen molar-refractivity contribution in [2.24, 2.45) is 5.92 Å². The van der Waals surface area contributed by atoms with E-state index in [1.807, 2.05) is 0 Å². The monoisotopic (exact) mass is 631 g/mol. The van der Waals surface area contributed by atoms with E-state index < -0.39 is 48.2 Å². The molecule has 232 valence electrons. The number of hydrogen-bond acceptors (Lipinski definition) is 4. The van der Waals surface area contributed by atoms with Gasteiger partial charge in [-0.2, -0.15) is 26.3 Å². The standard InChI is InChI=1S/C32H21F8N3O2/c33-25-3-1-2-23(29(25)34)30-41-26-12-13-43(16-27(26)42-30)15-18-4-6-19(7-5-18)22-10-8-20(14-24(22)31(35,36)37)44-17-21-9-11-28(45-21)32(38,39)40/h1-14,16,22,24H,15,17H2. The lowest BCUT2D eigenvalue weighted by Crippen LogP contribution is -2.28. The molecule has 3 aromatic rings. The minimum atomic E-state index is -4.69. The second-order valence-electron chi connectivity index (χ2n) is 10.4. The maximum absolute atomic E-state index is 14.2. The minimum Gasteiger partial charge on any atom is -0.486 e. The third-order valence-corrected chi connectivity index (χ3v) is 7.25. The number of halogens is 8. The Morgan fingerprint density at radius 1 is 0.867 bits per heavy atom. The Kier molecular flexibility index (Phi) is 7.71. The Bertz CT molecular complexity index is 1850. The Morgan fingerprint density at radius 3 is 2.33 bits per heavy atom. The summed E-state index contributed by atoms with van der Waals surface area (Å²) in [5, 5.41) is 0. The first-order valence-corrected chi connectivity index (χ1v) is 13.5. The normalized spacial score (nSPS) is 17.1. The molecule has 3 heterocycles. The van der Waals surface area contributed by atoms with E-state index in [0.717, 1.165) is 29.8 Å². The fourth-order valence-electron chi connectivity index (χ4n) is 5.03. The van der Waals surface area contributed by atoms with E-state index in [1.54, 1.807) is 47.3 Å². The highest BCUT2D eigenvalue weighted by atomic mass is 19.4. The first-order valence-electron chi connectivity index (χ1n) is 13.5. The number of aromatic nitrogens is 3. The smallest absolute Gasteiger partial charge is 0.449 e. The van der Waals surface area contributed by atoms with Crippen molar-refractivity contribution < 1.29 is 44.3 Å². The van der Waals surface area contributed by atoms with Gasteiger partial charge in [-0.25, -0.2) is 18.7 Å². The quantitative estimate of drug-likeness (QED) is 0.168. The van der Waals surface area contributed by atoms with Crippen LogP contribution in [0.3, 0.4) is 0 Å². The predicted molar refractivity (Wildman–Crippen MR) is 146 cm³/mol. The fourth-order valence-corrected chi connectivity index (χ4v) is 5.03. The number of imidazole rings is 1. The zero-order valence-electron chi connectivity index (χ0n) is 22.9. The number of rotatable bonds is 7. The lowest BCUT2D eigenvalue weighted by molar-refractivity contribution is -0.165. The van der Waals surface area contributed by atoms with E-state index in [9.17, 15) is 35.1 Å². The van der Waals surface area contributed by atoms with Crippen LogP contribution in [0.2, 0.25) is 0 Å². The molecule has 2 unspecified atom stereocenters. The Balaban J connectivity index is 1.15. The van der Waals surface area contributed by atoms with E-state index in [0.29, 0.717) is 23.5 Å². The van der Waals surface area contributed by atoms with Crippen molar-refractivity contribution in [3.05, 3.63) is 131 Å². The molecule has 3 aliphatic rings. The van der Waals surface area contributed by atoms with Crippen LogP contribution >= 0.6 is 0 Å². The van der Waals surface area contributed by atoms with E-state index >= 15 is 0 Å². The Hall–Kier alpha value is -4.94. The van der Waals surface area contributed by atoms with Gasteiger partial charge in [-0.3, -0.25) is 0 Å². The van der Waals surface area contributed by atoms with Crippen molar-refractivity contribution in [2.75, 3.05) is 0 Å². The maximum Gasteiger partial charge on any atom is 0.449 e. The SMILES string of the molecule is Fc1cccc(-c2nc3ccn(Cc4ccc(C5C=CC(OCc6ccc(C(F)(F)F)o6)=CC5C(F)(F)F)cc4)cc-3n2)c1F. The summed E-state index contributed by atoms with van der Waals surface area (Å²) < 4.78 is 120. The third kappa shape index (κ3) is 6.47. The molecule has 2 aromatic carbocycles. The van der Waals surface area contributed by atoms with Gasteiger partial charge in [0.1, 0.15) is 23.8 Å². The van der Waals surface area contributed by atoms with Gasteiger partial charge in [0.05, 0.1) is 17.2 Å². The van der Waals surface area contributed by atoms with Crippen molar-refractivity contribution in [1.82, 2.24) is 14.5 Å². The van der Waals surface area contributed by atoms with Crippen molar-refractivity contribution in [3.8, 4) is 22.8 Å². The Morgan fingerprint density at radius 2 is 1.62 bits per heavy atom. The summed E-state index contributed by atoms with van der Waals surface area (Å²) in [6.45, 7) is -0.129. The zero-order valence-corrected chi connectivity index (χ0v) is 22.9. The number of nitrogens with zero attached hydrogens (tertiary/aromatic N) is 3. The summed E-state index contributed by atoms with van der Waals surface area (Å²) in [7, 11) is 0. The molecule has 0 saturated carbocycles. The lowest BCUT2D eigenvalue weighted by Gasteiger charge is -2.28. The summed E-state index contributed by atoms with van der Waals surface area (Å²) in [6, 6.07) is 13.8. The van der Waals surface area contributed by atoms with Crippen LogP contribution in [0.25, 0.3) is 22.8 Å². The molecule has 0 N–H and O–H groups in total. The second kappa shape index (κ2) is 11.5. The highest BCUT2D eigenvalue weighted by molar-refractivity contribution is 5.66. The summed E-state index contributed by atoms with van der Waals surface area (Å²) in [6.07, 6.45) is -2.31. The molecular weight excluding hydrogens is 610 g/mol. The third-order valence-electron chi connectivity index (χ3n) is 7.25. The summed E-state index contributed by atoms with van der Waals surface area (Å²) >= 11 is 0. The molecule has 0 saturated heterocycles. The average molecular weight is 632 g/mol. The molecule has 6 rings (SSSR count). The number of allylic oxidation sites excluding steroid dienone is 3. The van der Waals surface area contributed by atoms with Crippen LogP contribution in [0, 0.1) is 17.6 Å². The fraction of sp³-hybridized carbons (Fsp3) is 0.188. The summed E-state index contributed by atoms with van der Waals surface area (Å²) in [4.78, 5) is 8.60. The highest BCUT2D eigenvalue weighted by Gasteiger charge is 2.44. The van der Waals surface area contributed by atoms with Crippen molar-refractivity contribution in [2.45, 2.75) is 31.4 Å². The molecule has 45 heavy (non-hydrogen) atoms. The molecule has 5 nitrogen and oxygen atoms in total. The predicted octanol–water partition coefficient (Wildman–Crippen LogP) is 8.92. The highest BCUT2D eigenvalue weighted by Crippen LogP contribution is 2.43. The van der Waals surface area contributed by atoms with E-state index in [-0.39, 0.29) is 22.9 Å². The van der Waals surface area contributed by atoms with Gasteiger partial charge < -0.3 is 13.7 Å². The van der Waals surface area contributed by atoms with Crippen molar-refractivity contribution >= 4 is 0 Å². The first-order chi connectivity index (χ1) is 21.3. The maximum atomic E-state index is 14.2. The largest absolute Gasteiger partial charge is 0.486 e. The first kappa shape index (κ1) is 30.1. The average Bonchev–Trinajstić information content (AvgIpc) is 3.65. The number of benzene rings is 2. The molecule has 0 fully saturated rings. The van der Waals surface area contributed by atoms with Crippen LogP contribution in [0.5, 0.6) is 0 Å². The van der Waals surface area contributed by atoms with Gasteiger partial charge in [0.15, 0.2) is 17.5 Å². The van der Waals surface area contributed by atoms with Crippen LogP contribution in [-0.4, -0.2) is 20.7 Å². The zero-order chi connectivity index (χ0) is 31.9. The van der Waals surface area contributed by atoms with Gasteiger partial charge in [-0.05, 0) is 53.6 Å². The van der Waals surface area contributed by atoms with Gasteiger partial charge in [0.2, 0.25) is 5.76 Å². The molecule has 0 radical (unpaired) electrons. The second-order valence-corrected chi connectivity index (χ2v) is 10.4. The molecule has 0 bridgehead atoms. The molecule has 13 heteroatoms. The van der Waals surface area contributed by atoms with Crippen LogP contribution in [0.4, 0.5) is 35.1 Å². The number of pyridine rings is 1. The molecule has 2 atom stereocenters. The van der Waals surface area contributed by atoms with Gasteiger partial charge >= 0.3 is 12.4 Å². The molecule has 0 amide bonds. The number of alkyl halides is 6. The van der Waals surface area contributed by atoms with Crippen LogP contribution in [-0.2, 0) is 24.1 Å². The van der Waals surface area contributed by atoms with Crippen LogP contribution < -0.4 is 0 Å². The molecule has 2 aliphatic heterocycles. The van der Waals surface area contributed by atoms with Gasteiger partial charge in [-0.1, -0.05) is 36.4 Å². The van der Waals surface area contributed by atoms with Crippen LogP contribution in [0.15, 0.2) is 101 Å². The van der Waals surface area contributed by atoms with Crippen LogP contribution in [0.1, 0.15) is 28.6 Å². The number of ether oxygens (including phenoxy) is 1. The van der Waals surface area contributed by atoms with E-state index in [2.05, 4.69) is 14.4 Å². The van der Waals surface area contributed by atoms with Gasteiger partial charge in [0.25, 0.3) is 0 Å². The molecule has 0 spiro atoms. The van der Waals surface area contributed by atoms with Gasteiger partial charge in [0, 0.05) is 24.9 Å². The number of fused-ring (bicyclic) bond motifs is 1.